The molecule has 0 spiro atoms. The molecule has 0 aliphatic heterocycles. The number of hydrogen-bond acceptors (Lipinski definition) is 2. The van der Waals surface area contributed by atoms with Crippen LogP contribution in [0.5, 0.6) is 0 Å². The highest BCUT2D eigenvalue weighted by Crippen LogP contribution is 2.20. The third kappa shape index (κ3) is 4.79. The molecular weight excluding hydrogens is 262 g/mol. The zero-order chi connectivity index (χ0) is 15.0. The van der Waals surface area contributed by atoms with Crippen LogP contribution in [0.2, 0.25) is 0 Å². The van der Waals surface area contributed by atoms with Crippen molar-refractivity contribution in [3.63, 3.8) is 0 Å². The van der Waals surface area contributed by atoms with Crippen LogP contribution in [-0.2, 0) is 0 Å². The lowest BCUT2D eigenvalue weighted by Gasteiger charge is -2.10. The smallest absolute Gasteiger partial charge is 0.251 e. The summed E-state index contributed by atoms with van der Waals surface area (Å²) in [6.07, 6.45) is 3.70. The SMILES string of the molecule is CCCCCNC(=O)c1cc(F)c(NCCC)c(F)c1. The van der Waals surface area contributed by atoms with Crippen LogP contribution in [0.3, 0.4) is 0 Å². The van der Waals surface area contributed by atoms with Gasteiger partial charge in [-0.2, -0.15) is 0 Å². The zero-order valence-electron chi connectivity index (χ0n) is 12.1. The first-order chi connectivity index (χ1) is 9.60. The van der Waals surface area contributed by atoms with Gasteiger partial charge in [-0.25, -0.2) is 8.78 Å². The molecule has 2 N–H and O–H groups in total. The Kier molecular flexibility index (Phi) is 6.98. The molecule has 0 heterocycles. The van der Waals surface area contributed by atoms with Gasteiger partial charge < -0.3 is 10.6 Å². The third-order valence-corrected chi connectivity index (χ3v) is 2.92. The normalized spacial score (nSPS) is 10.4. The van der Waals surface area contributed by atoms with Gasteiger partial charge in [0.1, 0.15) is 17.3 Å². The van der Waals surface area contributed by atoms with Gasteiger partial charge in [-0.1, -0.05) is 26.7 Å². The molecule has 5 heteroatoms. The molecule has 0 radical (unpaired) electrons. The van der Waals surface area contributed by atoms with Crippen LogP contribution in [0.1, 0.15) is 49.9 Å². The van der Waals surface area contributed by atoms with Crippen LogP contribution < -0.4 is 10.6 Å². The number of amides is 1. The van der Waals surface area contributed by atoms with Crippen molar-refractivity contribution in [2.24, 2.45) is 0 Å². The molecule has 0 bridgehead atoms. The maximum Gasteiger partial charge on any atom is 0.251 e. The van der Waals surface area contributed by atoms with Gasteiger partial charge in [-0.15, -0.1) is 0 Å². The first-order valence-electron chi connectivity index (χ1n) is 7.11. The zero-order valence-corrected chi connectivity index (χ0v) is 12.1. The molecule has 20 heavy (non-hydrogen) atoms. The van der Waals surface area contributed by atoms with E-state index in [0.29, 0.717) is 13.1 Å². The van der Waals surface area contributed by atoms with Gasteiger partial charge in [0, 0.05) is 18.7 Å². The summed E-state index contributed by atoms with van der Waals surface area (Å²) in [5.41, 5.74) is -0.159. The number of anilines is 1. The number of carbonyl (C=O) groups is 1. The lowest BCUT2D eigenvalue weighted by molar-refractivity contribution is 0.0952. The van der Waals surface area contributed by atoms with E-state index in [-0.39, 0.29) is 11.3 Å². The molecule has 0 aliphatic carbocycles. The minimum absolute atomic E-state index is 0.0125. The predicted molar refractivity (Wildman–Crippen MR) is 77.0 cm³/mol. The molecule has 0 atom stereocenters. The van der Waals surface area contributed by atoms with Gasteiger partial charge in [0.15, 0.2) is 0 Å². The van der Waals surface area contributed by atoms with Crippen molar-refractivity contribution in [3.8, 4) is 0 Å². The van der Waals surface area contributed by atoms with Crippen LogP contribution in [0.25, 0.3) is 0 Å². The fourth-order valence-corrected chi connectivity index (χ4v) is 1.80. The maximum absolute atomic E-state index is 13.8. The monoisotopic (exact) mass is 284 g/mol. The van der Waals surface area contributed by atoms with Crippen molar-refractivity contribution < 1.29 is 13.6 Å². The molecule has 112 valence electrons. The number of unbranched alkanes of at least 4 members (excludes halogenated alkanes) is 2. The molecule has 0 fully saturated rings. The second-order valence-electron chi connectivity index (χ2n) is 4.70. The van der Waals surface area contributed by atoms with Crippen LogP contribution in [0, 0.1) is 11.6 Å². The summed E-state index contributed by atoms with van der Waals surface area (Å²) in [4.78, 5) is 11.8. The second kappa shape index (κ2) is 8.51. The summed E-state index contributed by atoms with van der Waals surface area (Å²) in [6.45, 7) is 4.97. The van der Waals surface area contributed by atoms with Crippen molar-refractivity contribution in [1.82, 2.24) is 5.32 Å². The Bertz CT molecular complexity index is 426. The highest BCUT2D eigenvalue weighted by Gasteiger charge is 2.14. The van der Waals surface area contributed by atoms with Crippen LogP contribution in [0.4, 0.5) is 14.5 Å². The van der Waals surface area contributed by atoms with E-state index in [1.54, 1.807) is 0 Å². The Morgan fingerprint density at radius 3 is 2.25 bits per heavy atom. The Labute approximate surface area is 118 Å². The van der Waals surface area contributed by atoms with Gasteiger partial charge in [0.2, 0.25) is 0 Å². The number of hydrogen-bond donors (Lipinski definition) is 2. The topological polar surface area (TPSA) is 41.1 Å². The summed E-state index contributed by atoms with van der Waals surface area (Å²) < 4.78 is 27.5. The van der Waals surface area contributed by atoms with E-state index >= 15 is 0 Å². The van der Waals surface area contributed by atoms with E-state index in [0.717, 1.165) is 37.8 Å². The molecule has 0 unspecified atom stereocenters. The minimum Gasteiger partial charge on any atom is -0.380 e. The molecule has 3 nitrogen and oxygen atoms in total. The minimum atomic E-state index is -0.739. The molecule has 0 aliphatic rings. The van der Waals surface area contributed by atoms with Gasteiger partial charge >= 0.3 is 0 Å². The number of carbonyl (C=O) groups excluding carboxylic acids is 1. The van der Waals surface area contributed by atoms with Crippen LogP contribution >= 0.6 is 0 Å². The molecule has 0 aromatic heterocycles. The van der Waals surface area contributed by atoms with E-state index in [4.69, 9.17) is 0 Å². The Morgan fingerprint density at radius 2 is 1.70 bits per heavy atom. The summed E-state index contributed by atoms with van der Waals surface area (Å²) >= 11 is 0. The van der Waals surface area contributed by atoms with Crippen molar-refractivity contribution >= 4 is 11.6 Å². The van der Waals surface area contributed by atoms with E-state index in [1.165, 1.54) is 0 Å². The van der Waals surface area contributed by atoms with Crippen molar-refractivity contribution in [3.05, 3.63) is 29.3 Å². The quantitative estimate of drug-likeness (QED) is 0.715. The number of nitrogens with one attached hydrogen (secondary N) is 2. The average molecular weight is 284 g/mol. The Balaban J connectivity index is 2.69. The molecule has 1 amide bonds. The van der Waals surface area contributed by atoms with Crippen LogP contribution in [-0.4, -0.2) is 19.0 Å². The highest BCUT2D eigenvalue weighted by molar-refractivity contribution is 5.94. The maximum atomic E-state index is 13.8. The van der Waals surface area contributed by atoms with Crippen molar-refractivity contribution in [2.75, 3.05) is 18.4 Å². The van der Waals surface area contributed by atoms with Gasteiger partial charge in [0.05, 0.1) is 0 Å². The molecule has 1 aromatic carbocycles. The van der Waals surface area contributed by atoms with E-state index in [1.807, 2.05) is 6.92 Å². The molecular formula is C15H22F2N2O. The Hall–Kier alpha value is -1.65. The lowest BCUT2D eigenvalue weighted by Crippen LogP contribution is -2.24. The third-order valence-electron chi connectivity index (χ3n) is 2.92. The first-order valence-corrected chi connectivity index (χ1v) is 7.11. The average Bonchev–Trinajstić information content (AvgIpc) is 2.42. The fourth-order valence-electron chi connectivity index (χ4n) is 1.80. The second-order valence-corrected chi connectivity index (χ2v) is 4.70. The fraction of sp³-hybridized carbons (Fsp3) is 0.533. The highest BCUT2D eigenvalue weighted by atomic mass is 19.1. The number of benzene rings is 1. The van der Waals surface area contributed by atoms with E-state index in [2.05, 4.69) is 17.6 Å². The van der Waals surface area contributed by atoms with E-state index < -0.39 is 17.5 Å². The lowest BCUT2D eigenvalue weighted by atomic mass is 10.1. The summed E-state index contributed by atoms with van der Waals surface area (Å²) in [7, 11) is 0. The molecule has 1 rings (SSSR count). The molecule has 1 aromatic rings. The van der Waals surface area contributed by atoms with E-state index in [9.17, 15) is 13.6 Å². The first kappa shape index (κ1) is 16.4. The number of rotatable bonds is 8. The Morgan fingerprint density at radius 1 is 1.05 bits per heavy atom. The van der Waals surface area contributed by atoms with Crippen LogP contribution in [0.15, 0.2) is 12.1 Å². The summed E-state index contributed by atoms with van der Waals surface area (Å²) in [6, 6.07) is 2.13. The molecule has 0 saturated heterocycles. The van der Waals surface area contributed by atoms with Gasteiger partial charge in [-0.05, 0) is 25.0 Å². The van der Waals surface area contributed by atoms with Crippen molar-refractivity contribution in [1.29, 1.82) is 0 Å². The van der Waals surface area contributed by atoms with Gasteiger partial charge in [0.25, 0.3) is 5.91 Å². The number of halogens is 2. The summed E-state index contributed by atoms with van der Waals surface area (Å²) in [5, 5.41) is 5.33. The van der Waals surface area contributed by atoms with Crippen molar-refractivity contribution in [2.45, 2.75) is 39.5 Å². The standard InChI is InChI=1S/C15H22F2N2O/c1-3-5-6-8-19-15(20)11-9-12(16)14(13(17)10-11)18-7-4-2/h9-10,18H,3-8H2,1-2H3,(H,19,20). The summed E-state index contributed by atoms with van der Waals surface area (Å²) in [5.74, 6) is -1.92. The van der Waals surface area contributed by atoms with Gasteiger partial charge in [-0.3, -0.25) is 4.79 Å². The molecule has 0 saturated carbocycles. The largest absolute Gasteiger partial charge is 0.380 e. The predicted octanol–water partition coefficient (Wildman–Crippen LogP) is 3.71.